The van der Waals surface area contributed by atoms with Crippen molar-refractivity contribution in [3.05, 3.63) is 76.5 Å². The van der Waals surface area contributed by atoms with Crippen molar-refractivity contribution in [2.75, 3.05) is 0 Å². The van der Waals surface area contributed by atoms with E-state index in [9.17, 15) is 9.59 Å². The van der Waals surface area contributed by atoms with Crippen LogP contribution >= 0.6 is 0 Å². The second-order valence-corrected chi connectivity index (χ2v) is 6.38. The van der Waals surface area contributed by atoms with E-state index in [1.165, 1.54) is 0 Å². The standard InChI is InChI=1S/C20H18N2O2/c1-13-6-8-14(9-7-13)10-17-20(24)22-12-16-5-3-2-4-15(16)11-18(22)19(23)21-17/h2-10,18H,11-12H2,1H3,(H,21,23)/b17-10-/t18-/m1/s1. The summed E-state index contributed by atoms with van der Waals surface area (Å²) in [5.74, 6) is -0.225. The van der Waals surface area contributed by atoms with E-state index in [-0.39, 0.29) is 11.8 Å². The number of aryl methyl sites for hydroxylation is 1. The second-order valence-electron chi connectivity index (χ2n) is 6.38. The highest BCUT2D eigenvalue weighted by Gasteiger charge is 2.40. The van der Waals surface area contributed by atoms with E-state index in [1.807, 2.05) is 55.5 Å². The maximum atomic E-state index is 12.8. The molecular weight excluding hydrogens is 300 g/mol. The summed E-state index contributed by atoms with van der Waals surface area (Å²) < 4.78 is 0. The van der Waals surface area contributed by atoms with Crippen molar-refractivity contribution in [3.63, 3.8) is 0 Å². The van der Waals surface area contributed by atoms with Gasteiger partial charge in [0.1, 0.15) is 11.7 Å². The number of benzene rings is 2. The molecule has 4 heteroatoms. The number of carbonyl (C=O) groups is 2. The molecule has 0 aromatic heterocycles. The fourth-order valence-electron chi connectivity index (χ4n) is 3.32. The molecule has 4 rings (SSSR count). The van der Waals surface area contributed by atoms with Gasteiger partial charge in [-0.1, -0.05) is 54.1 Å². The molecule has 2 heterocycles. The Kier molecular flexibility index (Phi) is 3.45. The predicted molar refractivity (Wildman–Crippen MR) is 91.8 cm³/mol. The van der Waals surface area contributed by atoms with Crippen LogP contribution in [0.3, 0.4) is 0 Å². The Labute approximate surface area is 140 Å². The number of rotatable bonds is 1. The summed E-state index contributed by atoms with van der Waals surface area (Å²) in [6, 6.07) is 15.4. The molecule has 0 bridgehead atoms. The lowest BCUT2D eigenvalue weighted by molar-refractivity contribution is -0.143. The van der Waals surface area contributed by atoms with Crippen LogP contribution in [0.1, 0.15) is 22.3 Å². The molecule has 0 spiro atoms. The minimum Gasteiger partial charge on any atom is -0.321 e. The Hall–Kier alpha value is -2.88. The number of nitrogens with one attached hydrogen (secondary N) is 1. The van der Waals surface area contributed by atoms with Gasteiger partial charge in [0.15, 0.2) is 0 Å². The smallest absolute Gasteiger partial charge is 0.271 e. The molecular formula is C20H18N2O2. The number of hydrogen-bond donors (Lipinski definition) is 1. The van der Waals surface area contributed by atoms with E-state index < -0.39 is 6.04 Å². The summed E-state index contributed by atoms with van der Waals surface area (Å²) >= 11 is 0. The van der Waals surface area contributed by atoms with Gasteiger partial charge in [0.05, 0.1) is 0 Å². The van der Waals surface area contributed by atoms with Crippen LogP contribution < -0.4 is 5.32 Å². The number of nitrogens with zero attached hydrogens (tertiary/aromatic N) is 1. The van der Waals surface area contributed by atoms with Crippen LogP contribution in [0.5, 0.6) is 0 Å². The van der Waals surface area contributed by atoms with Gasteiger partial charge >= 0.3 is 0 Å². The average molecular weight is 318 g/mol. The molecule has 0 saturated carbocycles. The largest absolute Gasteiger partial charge is 0.321 e. The maximum Gasteiger partial charge on any atom is 0.271 e. The van der Waals surface area contributed by atoms with E-state index in [1.54, 1.807) is 11.0 Å². The Bertz CT molecular complexity index is 852. The van der Waals surface area contributed by atoms with Crippen LogP contribution in [-0.2, 0) is 22.6 Å². The fourth-order valence-corrected chi connectivity index (χ4v) is 3.32. The van der Waals surface area contributed by atoms with Gasteiger partial charge in [0, 0.05) is 13.0 Å². The monoisotopic (exact) mass is 318 g/mol. The van der Waals surface area contributed by atoms with Crippen molar-refractivity contribution in [1.82, 2.24) is 10.2 Å². The molecule has 4 nitrogen and oxygen atoms in total. The summed E-state index contributed by atoms with van der Waals surface area (Å²) in [7, 11) is 0. The van der Waals surface area contributed by atoms with E-state index >= 15 is 0 Å². The van der Waals surface area contributed by atoms with Gasteiger partial charge in [-0.3, -0.25) is 9.59 Å². The third-order valence-corrected chi connectivity index (χ3v) is 4.69. The first-order chi connectivity index (χ1) is 11.6. The van der Waals surface area contributed by atoms with E-state index in [4.69, 9.17) is 0 Å². The zero-order chi connectivity index (χ0) is 16.7. The first kappa shape index (κ1) is 14.7. The summed E-state index contributed by atoms with van der Waals surface area (Å²) in [5.41, 5.74) is 4.67. The molecule has 2 aliphatic rings. The van der Waals surface area contributed by atoms with Crippen molar-refractivity contribution in [2.24, 2.45) is 0 Å². The topological polar surface area (TPSA) is 49.4 Å². The molecule has 1 N–H and O–H groups in total. The Morgan fingerprint density at radius 1 is 1.04 bits per heavy atom. The summed E-state index contributed by atoms with van der Waals surface area (Å²) in [4.78, 5) is 27.0. The first-order valence-electron chi connectivity index (χ1n) is 8.09. The molecule has 24 heavy (non-hydrogen) atoms. The molecule has 2 aromatic carbocycles. The highest BCUT2D eigenvalue weighted by Crippen LogP contribution is 2.27. The lowest BCUT2D eigenvalue weighted by Crippen LogP contribution is -2.58. The average Bonchev–Trinajstić information content (AvgIpc) is 2.60. The lowest BCUT2D eigenvalue weighted by atomic mass is 9.91. The third kappa shape index (κ3) is 2.50. The number of hydrogen-bond acceptors (Lipinski definition) is 2. The van der Waals surface area contributed by atoms with Crippen molar-refractivity contribution >= 4 is 17.9 Å². The normalized spacial score (nSPS) is 21.3. The van der Waals surface area contributed by atoms with Gasteiger partial charge in [-0.2, -0.15) is 0 Å². The third-order valence-electron chi connectivity index (χ3n) is 4.69. The van der Waals surface area contributed by atoms with E-state index in [2.05, 4.69) is 5.32 Å². The Morgan fingerprint density at radius 3 is 2.50 bits per heavy atom. The van der Waals surface area contributed by atoms with E-state index in [0.717, 1.165) is 22.3 Å². The molecule has 2 amide bonds. The zero-order valence-electron chi connectivity index (χ0n) is 13.5. The van der Waals surface area contributed by atoms with Crippen LogP contribution in [-0.4, -0.2) is 22.8 Å². The van der Waals surface area contributed by atoms with Gasteiger partial charge < -0.3 is 10.2 Å². The Morgan fingerprint density at radius 2 is 1.75 bits per heavy atom. The van der Waals surface area contributed by atoms with Crippen LogP contribution in [0.15, 0.2) is 54.2 Å². The highest BCUT2D eigenvalue weighted by atomic mass is 16.2. The molecule has 2 aromatic rings. The minimum absolute atomic E-state index is 0.109. The van der Waals surface area contributed by atoms with Gasteiger partial charge in [0.25, 0.3) is 5.91 Å². The number of piperazine rings is 1. The summed E-state index contributed by atoms with van der Waals surface area (Å²) in [6.07, 6.45) is 2.32. The number of carbonyl (C=O) groups excluding carboxylic acids is 2. The second kappa shape index (κ2) is 5.64. The van der Waals surface area contributed by atoms with E-state index in [0.29, 0.717) is 18.7 Å². The van der Waals surface area contributed by atoms with Gasteiger partial charge in [-0.15, -0.1) is 0 Å². The molecule has 1 atom stereocenters. The quantitative estimate of drug-likeness (QED) is 0.821. The highest BCUT2D eigenvalue weighted by molar-refractivity contribution is 6.07. The number of fused-ring (bicyclic) bond motifs is 2. The molecule has 2 aliphatic heterocycles. The molecule has 120 valence electrons. The molecule has 1 fully saturated rings. The SMILES string of the molecule is Cc1ccc(/C=C2\NC(=O)[C@H]3Cc4ccccc4CN3C2=O)cc1. The van der Waals surface area contributed by atoms with Crippen molar-refractivity contribution in [1.29, 1.82) is 0 Å². The molecule has 1 saturated heterocycles. The molecule has 0 aliphatic carbocycles. The Balaban J connectivity index is 1.67. The lowest BCUT2D eigenvalue weighted by Gasteiger charge is -2.39. The maximum absolute atomic E-state index is 12.8. The minimum atomic E-state index is -0.414. The van der Waals surface area contributed by atoms with Gasteiger partial charge in [-0.05, 0) is 29.7 Å². The van der Waals surface area contributed by atoms with Gasteiger partial charge in [-0.25, -0.2) is 0 Å². The molecule has 0 unspecified atom stereocenters. The van der Waals surface area contributed by atoms with Crippen LogP contribution in [0.2, 0.25) is 0 Å². The van der Waals surface area contributed by atoms with Gasteiger partial charge in [0.2, 0.25) is 5.91 Å². The van der Waals surface area contributed by atoms with Crippen LogP contribution in [0.25, 0.3) is 6.08 Å². The number of amides is 2. The van der Waals surface area contributed by atoms with Crippen LogP contribution in [0.4, 0.5) is 0 Å². The van der Waals surface area contributed by atoms with Crippen molar-refractivity contribution < 1.29 is 9.59 Å². The summed E-state index contributed by atoms with van der Waals surface area (Å²) in [5, 5.41) is 2.79. The molecule has 0 radical (unpaired) electrons. The van der Waals surface area contributed by atoms with Crippen molar-refractivity contribution in [3.8, 4) is 0 Å². The summed E-state index contributed by atoms with van der Waals surface area (Å²) in [6.45, 7) is 2.50. The van der Waals surface area contributed by atoms with Crippen molar-refractivity contribution in [2.45, 2.75) is 25.9 Å². The predicted octanol–water partition coefficient (Wildman–Crippen LogP) is 2.42. The fraction of sp³-hybridized carbons (Fsp3) is 0.200. The first-order valence-corrected chi connectivity index (χ1v) is 8.09. The van der Waals surface area contributed by atoms with Crippen LogP contribution in [0, 0.1) is 6.92 Å². The zero-order valence-corrected chi connectivity index (χ0v) is 13.5.